The van der Waals surface area contributed by atoms with Crippen LogP contribution in [-0.4, -0.2) is 35.9 Å². The molecule has 2 rings (SSSR count). The van der Waals surface area contributed by atoms with Gasteiger partial charge < -0.3 is 20.5 Å². The van der Waals surface area contributed by atoms with Gasteiger partial charge in [0.1, 0.15) is 0 Å². The van der Waals surface area contributed by atoms with Crippen LogP contribution in [0, 0.1) is 0 Å². The third-order valence-corrected chi connectivity index (χ3v) is 4.16. The van der Waals surface area contributed by atoms with E-state index in [1.165, 1.54) is 6.07 Å². The Bertz CT molecular complexity index is 556. The highest BCUT2D eigenvalue weighted by Crippen LogP contribution is 2.22. The number of amides is 2. The van der Waals surface area contributed by atoms with Crippen molar-refractivity contribution >= 4 is 33.6 Å². The average molecular weight is 357 g/mol. The molecule has 1 aromatic carbocycles. The van der Waals surface area contributed by atoms with Gasteiger partial charge in [0.25, 0.3) is 0 Å². The molecule has 0 aliphatic carbocycles. The highest BCUT2D eigenvalue weighted by molar-refractivity contribution is 9.10. The maximum atomic E-state index is 12.0. The SMILES string of the molecule is CC1(NC(=O)Nc2ccc(Br)c(C(=O)O)c2)CCOCC1. The highest BCUT2D eigenvalue weighted by Gasteiger charge is 2.29. The second kappa shape index (κ2) is 6.44. The molecule has 0 saturated carbocycles. The summed E-state index contributed by atoms with van der Waals surface area (Å²) >= 11 is 3.16. The third kappa shape index (κ3) is 4.18. The van der Waals surface area contributed by atoms with Gasteiger partial charge in [-0.05, 0) is 53.9 Å². The lowest BCUT2D eigenvalue weighted by Crippen LogP contribution is -2.51. The van der Waals surface area contributed by atoms with Crippen LogP contribution in [0.5, 0.6) is 0 Å². The van der Waals surface area contributed by atoms with Crippen LogP contribution < -0.4 is 10.6 Å². The normalized spacial score (nSPS) is 17.0. The molecule has 1 saturated heterocycles. The van der Waals surface area contributed by atoms with Crippen LogP contribution in [0.15, 0.2) is 22.7 Å². The molecule has 0 bridgehead atoms. The van der Waals surface area contributed by atoms with E-state index >= 15 is 0 Å². The monoisotopic (exact) mass is 356 g/mol. The molecule has 1 aliphatic heterocycles. The first-order chi connectivity index (χ1) is 9.89. The molecule has 0 atom stereocenters. The zero-order valence-corrected chi connectivity index (χ0v) is 13.2. The first-order valence-electron chi connectivity index (χ1n) is 6.59. The molecule has 0 spiro atoms. The summed E-state index contributed by atoms with van der Waals surface area (Å²) in [6, 6.07) is 4.30. The Morgan fingerprint density at radius 2 is 2.00 bits per heavy atom. The van der Waals surface area contributed by atoms with Gasteiger partial charge in [0.05, 0.1) is 5.56 Å². The molecule has 0 aromatic heterocycles. The number of carbonyl (C=O) groups is 2. The molecule has 1 aromatic rings. The first kappa shape index (κ1) is 15.8. The van der Waals surface area contributed by atoms with E-state index in [1.54, 1.807) is 12.1 Å². The second-order valence-electron chi connectivity index (χ2n) is 5.25. The quantitative estimate of drug-likeness (QED) is 0.776. The second-order valence-corrected chi connectivity index (χ2v) is 6.11. The zero-order valence-electron chi connectivity index (χ0n) is 11.6. The largest absolute Gasteiger partial charge is 0.478 e. The van der Waals surface area contributed by atoms with Crippen molar-refractivity contribution in [2.45, 2.75) is 25.3 Å². The van der Waals surface area contributed by atoms with E-state index in [9.17, 15) is 9.59 Å². The van der Waals surface area contributed by atoms with Crippen LogP contribution in [0.3, 0.4) is 0 Å². The van der Waals surface area contributed by atoms with Crippen molar-refractivity contribution in [2.75, 3.05) is 18.5 Å². The van der Waals surface area contributed by atoms with Crippen molar-refractivity contribution in [3.05, 3.63) is 28.2 Å². The number of anilines is 1. The predicted octanol–water partition coefficient (Wildman–Crippen LogP) is 2.84. The molecule has 0 radical (unpaired) electrons. The number of carbonyl (C=O) groups excluding carboxylic acids is 1. The number of hydrogen-bond acceptors (Lipinski definition) is 3. The summed E-state index contributed by atoms with van der Waals surface area (Å²) in [5, 5.41) is 14.6. The number of halogens is 1. The van der Waals surface area contributed by atoms with Crippen LogP contribution >= 0.6 is 15.9 Å². The summed E-state index contributed by atoms with van der Waals surface area (Å²) in [6.45, 7) is 3.22. The lowest BCUT2D eigenvalue weighted by atomic mass is 9.93. The Labute approximate surface area is 131 Å². The molecule has 21 heavy (non-hydrogen) atoms. The molecule has 1 heterocycles. The summed E-state index contributed by atoms with van der Waals surface area (Å²) in [5.74, 6) is -1.05. The van der Waals surface area contributed by atoms with Crippen molar-refractivity contribution in [3.63, 3.8) is 0 Å². The molecule has 7 heteroatoms. The summed E-state index contributed by atoms with van der Waals surface area (Å²) < 4.78 is 5.75. The van der Waals surface area contributed by atoms with Crippen molar-refractivity contribution in [1.82, 2.24) is 5.32 Å². The number of aromatic carboxylic acids is 1. The van der Waals surface area contributed by atoms with Gasteiger partial charge in [-0.2, -0.15) is 0 Å². The van der Waals surface area contributed by atoms with Gasteiger partial charge >= 0.3 is 12.0 Å². The Morgan fingerprint density at radius 3 is 2.62 bits per heavy atom. The minimum absolute atomic E-state index is 0.102. The van der Waals surface area contributed by atoms with Crippen molar-refractivity contribution in [3.8, 4) is 0 Å². The number of benzene rings is 1. The van der Waals surface area contributed by atoms with Crippen molar-refractivity contribution in [1.29, 1.82) is 0 Å². The van der Waals surface area contributed by atoms with E-state index in [2.05, 4.69) is 26.6 Å². The van der Waals surface area contributed by atoms with Gasteiger partial charge in [0, 0.05) is 28.9 Å². The number of urea groups is 1. The van der Waals surface area contributed by atoms with E-state index in [1.807, 2.05) is 6.92 Å². The molecular weight excluding hydrogens is 340 g/mol. The fraction of sp³-hybridized carbons (Fsp3) is 0.429. The lowest BCUT2D eigenvalue weighted by Gasteiger charge is -2.34. The van der Waals surface area contributed by atoms with Gasteiger partial charge in [-0.15, -0.1) is 0 Å². The fourth-order valence-corrected chi connectivity index (χ4v) is 2.57. The molecule has 1 aliphatic rings. The first-order valence-corrected chi connectivity index (χ1v) is 7.39. The van der Waals surface area contributed by atoms with Gasteiger partial charge in [-0.3, -0.25) is 0 Å². The Hall–Kier alpha value is -1.60. The topological polar surface area (TPSA) is 87.7 Å². The molecule has 3 N–H and O–H groups in total. The van der Waals surface area contributed by atoms with E-state index in [4.69, 9.17) is 9.84 Å². The molecular formula is C14H17BrN2O4. The van der Waals surface area contributed by atoms with Crippen LogP contribution in [0.4, 0.5) is 10.5 Å². The number of carboxylic acid groups (broad SMARTS) is 1. The fourth-order valence-electron chi connectivity index (χ4n) is 2.15. The summed E-state index contributed by atoms with van der Waals surface area (Å²) in [5.41, 5.74) is 0.238. The molecule has 2 amide bonds. The lowest BCUT2D eigenvalue weighted by molar-refractivity contribution is 0.0499. The van der Waals surface area contributed by atoms with Crippen LogP contribution in [0.25, 0.3) is 0 Å². The van der Waals surface area contributed by atoms with Crippen molar-refractivity contribution < 1.29 is 19.4 Å². The Morgan fingerprint density at radius 1 is 1.33 bits per heavy atom. The van der Waals surface area contributed by atoms with E-state index < -0.39 is 5.97 Å². The summed E-state index contributed by atoms with van der Waals surface area (Å²) in [7, 11) is 0. The minimum atomic E-state index is -1.05. The number of ether oxygens (including phenoxy) is 1. The highest BCUT2D eigenvalue weighted by atomic mass is 79.9. The maximum absolute atomic E-state index is 12.0. The zero-order chi connectivity index (χ0) is 15.5. The number of rotatable bonds is 3. The van der Waals surface area contributed by atoms with Gasteiger partial charge in [0.15, 0.2) is 0 Å². The van der Waals surface area contributed by atoms with Crippen LogP contribution in [0.2, 0.25) is 0 Å². The summed E-state index contributed by atoms with van der Waals surface area (Å²) in [6.07, 6.45) is 1.50. The Kier molecular flexibility index (Phi) is 4.84. The molecule has 1 fully saturated rings. The predicted molar refractivity (Wildman–Crippen MR) is 81.7 cm³/mol. The Balaban J connectivity index is 2.02. The van der Waals surface area contributed by atoms with E-state index in [0.717, 1.165) is 12.8 Å². The van der Waals surface area contributed by atoms with Crippen LogP contribution in [0.1, 0.15) is 30.1 Å². The van der Waals surface area contributed by atoms with Gasteiger partial charge in [-0.1, -0.05) is 0 Å². The average Bonchev–Trinajstić information content (AvgIpc) is 2.40. The van der Waals surface area contributed by atoms with Gasteiger partial charge in [-0.25, -0.2) is 9.59 Å². The molecule has 6 nitrogen and oxygen atoms in total. The number of nitrogens with one attached hydrogen (secondary N) is 2. The van der Waals surface area contributed by atoms with E-state index in [0.29, 0.717) is 23.4 Å². The number of carboxylic acids is 1. The molecule has 0 unspecified atom stereocenters. The van der Waals surface area contributed by atoms with Gasteiger partial charge in [0.2, 0.25) is 0 Å². The third-order valence-electron chi connectivity index (χ3n) is 3.47. The molecule has 114 valence electrons. The van der Waals surface area contributed by atoms with Crippen LogP contribution in [-0.2, 0) is 4.74 Å². The standard InChI is InChI=1S/C14H17BrN2O4/c1-14(4-6-21-7-5-14)17-13(20)16-9-2-3-11(15)10(8-9)12(18)19/h2-3,8H,4-7H2,1H3,(H,18,19)(H2,16,17,20). The van der Waals surface area contributed by atoms with E-state index in [-0.39, 0.29) is 17.1 Å². The number of hydrogen-bond donors (Lipinski definition) is 3. The summed E-state index contributed by atoms with van der Waals surface area (Å²) in [4.78, 5) is 23.1. The van der Waals surface area contributed by atoms with Crippen molar-refractivity contribution in [2.24, 2.45) is 0 Å². The maximum Gasteiger partial charge on any atom is 0.336 e. The smallest absolute Gasteiger partial charge is 0.336 e. The minimum Gasteiger partial charge on any atom is -0.478 e.